The first kappa shape index (κ1) is 8.67. The van der Waals surface area contributed by atoms with E-state index in [1.54, 1.807) is 18.3 Å². The molecule has 1 aromatic heterocycles. The quantitative estimate of drug-likeness (QED) is 0.608. The van der Waals surface area contributed by atoms with Crippen LogP contribution in [0.2, 0.25) is 0 Å². The van der Waals surface area contributed by atoms with E-state index in [9.17, 15) is 9.90 Å². The first-order valence-corrected chi connectivity index (χ1v) is 3.48. The fourth-order valence-electron chi connectivity index (χ4n) is 0.825. The number of carboxylic acids is 1. The lowest BCUT2D eigenvalue weighted by Crippen LogP contribution is -2.36. The molecule has 1 aromatic rings. The third-order valence-electron chi connectivity index (χ3n) is 1.42. The number of rotatable bonds is 3. The van der Waals surface area contributed by atoms with Gasteiger partial charge >= 0.3 is 0 Å². The summed E-state index contributed by atoms with van der Waals surface area (Å²) in [6.45, 7) is 0. The summed E-state index contributed by atoms with van der Waals surface area (Å²) >= 11 is 0. The molecule has 0 aliphatic heterocycles. The van der Waals surface area contributed by atoms with Gasteiger partial charge in [-0.1, -0.05) is 6.07 Å². The van der Waals surface area contributed by atoms with Crippen LogP contribution in [0, 0.1) is 0 Å². The SMILES string of the molecule is O=C([O-])[C@@H](O)Cc1cccnc1. The minimum absolute atomic E-state index is 0.0379. The molecule has 12 heavy (non-hydrogen) atoms. The molecule has 4 heteroatoms. The third kappa shape index (κ3) is 2.32. The van der Waals surface area contributed by atoms with Crippen molar-refractivity contribution in [3.8, 4) is 0 Å². The molecule has 0 aliphatic rings. The van der Waals surface area contributed by atoms with E-state index < -0.39 is 12.1 Å². The van der Waals surface area contributed by atoms with Crippen LogP contribution in [0.5, 0.6) is 0 Å². The summed E-state index contributed by atoms with van der Waals surface area (Å²) in [5.41, 5.74) is 0.675. The van der Waals surface area contributed by atoms with E-state index in [1.165, 1.54) is 6.20 Å². The molecule has 0 unspecified atom stereocenters. The summed E-state index contributed by atoms with van der Waals surface area (Å²) < 4.78 is 0. The number of hydrogen-bond donors (Lipinski definition) is 1. The van der Waals surface area contributed by atoms with Crippen molar-refractivity contribution in [3.05, 3.63) is 30.1 Å². The maximum Gasteiger partial charge on any atom is 0.0974 e. The highest BCUT2D eigenvalue weighted by atomic mass is 16.4. The molecule has 1 rings (SSSR count). The van der Waals surface area contributed by atoms with Crippen molar-refractivity contribution in [1.82, 2.24) is 4.98 Å². The Morgan fingerprint density at radius 1 is 1.75 bits per heavy atom. The molecule has 0 radical (unpaired) electrons. The molecule has 0 spiro atoms. The van der Waals surface area contributed by atoms with Gasteiger partial charge in [-0.3, -0.25) is 4.98 Å². The zero-order valence-corrected chi connectivity index (χ0v) is 6.30. The van der Waals surface area contributed by atoms with Gasteiger partial charge in [0.25, 0.3) is 0 Å². The lowest BCUT2D eigenvalue weighted by atomic mass is 10.1. The number of aliphatic hydroxyl groups is 1. The van der Waals surface area contributed by atoms with Gasteiger partial charge in [-0.05, 0) is 11.6 Å². The second-order valence-corrected chi connectivity index (χ2v) is 2.40. The molecule has 0 aromatic carbocycles. The Balaban J connectivity index is 2.58. The maximum absolute atomic E-state index is 10.1. The lowest BCUT2D eigenvalue weighted by molar-refractivity contribution is -0.314. The predicted octanol–water partition coefficient (Wildman–Crippen LogP) is -1.27. The molecule has 64 valence electrons. The smallest absolute Gasteiger partial charge is 0.0974 e. The zero-order chi connectivity index (χ0) is 8.97. The standard InChI is InChI=1S/C8H9NO3/c10-7(8(11)12)4-6-2-1-3-9-5-6/h1-3,5,7,10H,4H2,(H,11,12)/p-1/t7-/m0/s1. The van der Waals surface area contributed by atoms with Crippen LogP contribution < -0.4 is 5.11 Å². The molecule has 0 saturated heterocycles. The minimum atomic E-state index is -1.46. The summed E-state index contributed by atoms with van der Waals surface area (Å²) in [6, 6.07) is 3.37. The Morgan fingerprint density at radius 3 is 3.00 bits per heavy atom. The summed E-state index contributed by atoms with van der Waals surface area (Å²) in [5.74, 6) is -1.46. The number of carboxylic acid groups (broad SMARTS) is 1. The number of aliphatic hydroxyl groups excluding tert-OH is 1. The van der Waals surface area contributed by atoms with Crippen LogP contribution in [-0.2, 0) is 11.2 Å². The number of pyridine rings is 1. The van der Waals surface area contributed by atoms with Crippen LogP contribution in [0.1, 0.15) is 5.56 Å². The third-order valence-corrected chi connectivity index (χ3v) is 1.42. The van der Waals surface area contributed by atoms with Crippen molar-refractivity contribution in [1.29, 1.82) is 0 Å². The van der Waals surface area contributed by atoms with E-state index >= 15 is 0 Å². The molecule has 0 bridgehead atoms. The zero-order valence-electron chi connectivity index (χ0n) is 6.30. The van der Waals surface area contributed by atoms with Gasteiger partial charge in [0.2, 0.25) is 0 Å². The average molecular weight is 166 g/mol. The van der Waals surface area contributed by atoms with Crippen molar-refractivity contribution < 1.29 is 15.0 Å². The molecule has 0 amide bonds. The van der Waals surface area contributed by atoms with E-state index in [4.69, 9.17) is 5.11 Å². The Bertz CT molecular complexity index is 260. The van der Waals surface area contributed by atoms with Crippen LogP contribution in [0.15, 0.2) is 24.5 Å². The molecule has 0 saturated carbocycles. The fourth-order valence-corrected chi connectivity index (χ4v) is 0.825. The summed E-state index contributed by atoms with van der Waals surface area (Å²) in [4.78, 5) is 13.9. The number of carbonyl (C=O) groups is 1. The van der Waals surface area contributed by atoms with Crippen molar-refractivity contribution in [2.75, 3.05) is 0 Å². The van der Waals surface area contributed by atoms with Gasteiger partial charge in [-0.25, -0.2) is 0 Å². The van der Waals surface area contributed by atoms with Gasteiger partial charge in [-0.15, -0.1) is 0 Å². The van der Waals surface area contributed by atoms with Gasteiger partial charge in [0.15, 0.2) is 0 Å². The topological polar surface area (TPSA) is 73.2 Å². The van der Waals surface area contributed by atoms with Crippen LogP contribution in [0.25, 0.3) is 0 Å². The fraction of sp³-hybridized carbons (Fsp3) is 0.250. The molecule has 1 atom stereocenters. The highest BCUT2D eigenvalue weighted by Crippen LogP contribution is 1.99. The highest BCUT2D eigenvalue weighted by molar-refractivity contribution is 5.69. The number of hydrogen-bond acceptors (Lipinski definition) is 4. The van der Waals surface area contributed by atoms with E-state index in [2.05, 4.69) is 4.98 Å². The van der Waals surface area contributed by atoms with Crippen LogP contribution >= 0.6 is 0 Å². The Morgan fingerprint density at radius 2 is 2.50 bits per heavy atom. The molecule has 4 nitrogen and oxygen atoms in total. The summed E-state index contributed by atoms with van der Waals surface area (Å²) in [7, 11) is 0. The average Bonchev–Trinajstić information content (AvgIpc) is 2.06. The molecule has 1 N–H and O–H groups in total. The second kappa shape index (κ2) is 3.82. The van der Waals surface area contributed by atoms with E-state index in [0.717, 1.165) is 0 Å². The summed E-state index contributed by atoms with van der Waals surface area (Å²) in [5, 5.41) is 19.0. The predicted molar refractivity (Wildman–Crippen MR) is 39.0 cm³/mol. The van der Waals surface area contributed by atoms with E-state index in [1.807, 2.05) is 0 Å². The molecule has 0 aliphatic carbocycles. The number of carbonyl (C=O) groups excluding carboxylic acids is 1. The Kier molecular flexibility index (Phi) is 2.76. The first-order chi connectivity index (χ1) is 5.70. The Hall–Kier alpha value is -1.42. The normalized spacial score (nSPS) is 12.4. The van der Waals surface area contributed by atoms with Crippen molar-refractivity contribution >= 4 is 5.97 Å². The minimum Gasteiger partial charge on any atom is -0.547 e. The highest BCUT2D eigenvalue weighted by Gasteiger charge is 2.05. The lowest BCUT2D eigenvalue weighted by Gasteiger charge is -2.10. The van der Waals surface area contributed by atoms with Gasteiger partial charge in [-0.2, -0.15) is 0 Å². The second-order valence-electron chi connectivity index (χ2n) is 2.40. The summed E-state index contributed by atoms with van der Waals surface area (Å²) in [6.07, 6.45) is 1.67. The largest absolute Gasteiger partial charge is 0.547 e. The number of nitrogens with zero attached hydrogens (tertiary/aromatic N) is 1. The Labute approximate surface area is 69.5 Å². The maximum atomic E-state index is 10.1. The van der Waals surface area contributed by atoms with Crippen molar-refractivity contribution in [3.63, 3.8) is 0 Å². The van der Waals surface area contributed by atoms with Crippen LogP contribution in [0.4, 0.5) is 0 Å². The van der Waals surface area contributed by atoms with Crippen LogP contribution in [0.3, 0.4) is 0 Å². The molecule has 1 heterocycles. The van der Waals surface area contributed by atoms with Crippen molar-refractivity contribution in [2.45, 2.75) is 12.5 Å². The first-order valence-electron chi connectivity index (χ1n) is 3.48. The number of aliphatic carboxylic acids is 1. The van der Waals surface area contributed by atoms with Crippen molar-refractivity contribution in [2.24, 2.45) is 0 Å². The van der Waals surface area contributed by atoms with Gasteiger partial charge in [0, 0.05) is 18.8 Å². The molecule has 0 fully saturated rings. The van der Waals surface area contributed by atoms with Gasteiger partial charge < -0.3 is 15.0 Å². The van der Waals surface area contributed by atoms with E-state index in [0.29, 0.717) is 5.56 Å². The monoisotopic (exact) mass is 166 g/mol. The van der Waals surface area contributed by atoms with Gasteiger partial charge in [0.05, 0.1) is 12.1 Å². The van der Waals surface area contributed by atoms with Gasteiger partial charge in [0.1, 0.15) is 0 Å². The number of aromatic nitrogens is 1. The molecular weight excluding hydrogens is 158 g/mol. The van der Waals surface area contributed by atoms with Crippen LogP contribution in [-0.4, -0.2) is 22.2 Å². The molecular formula is C8H8NO3-. The van der Waals surface area contributed by atoms with E-state index in [-0.39, 0.29) is 6.42 Å².